The Balaban J connectivity index is 0.000000169. The molecule has 0 saturated carbocycles. The molecule has 4 aliphatic carbocycles. The molecule has 16 heterocycles. The Morgan fingerprint density at radius 3 is 1.39 bits per heavy atom. The Bertz CT molecular complexity index is 5800. The third-order valence-electron chi connectivity index (χ3n) is 23.8. The van der Waals surface area contributed by atoms with Crippen molar-refractivity contribution in [1.82, 2.24) is 110 Å². The minimum absolute atomic E-state index is 0. The number of hydrazone groups is 3. The zero-order valence-electron chi connectivity index (χ0n) is 71.6. The van der Waals surface area contributed by atoms with E-state index in [1.165, 1.54) is 11.1 Å². The summed E-state index contributed by atoms with van der Waals surface area (Å²) >= 11 is 27.5. The lowest BCUT2D eigenvalue weighted by Gasteiger charge is -2.36. The number of aryl methyl sites for hydroxylation is 2. The summed E-state index contributed by atoms with van der Waals surface area (Å²) in [5, 5.41) is 34.0. The zero-order valence-corrected chi connectivity index (χ0v) is 75.7. The SMILES string of the molecule is C.C.C.C.C.C.CN1CCN(C(=S)N=Nc2c3[nH]cccc-3c3cccnc23)CC1.CN1CCN(C(=S)NN=C2c3ncccc3Cc3cccnc32)CC1.CN1CCN(C(=S)NN=c2c3n(n4c2=CC=CC4)CC=CC=3)CC1.CN1CCN(c2ccc(C(=S)N/N=C3/CCCc4cccnc43)nc2)CC1.S=C(N/N=C1/CCCc2cccnc21)N1CCN(c2ccccn2)CC1. The second-order valence-corrected chi connectivity index (χ2v) is 34.1. The fourth-order valence-corrected chi connectivity index (χ4v) is 17.6. The molecule has 0 aromatic carbocycles. The zero-order chi connectivity index (χ0) is 86.7. The highest BCUT2D eigenvalue weighted by Gasteiger charge is 2.29. The van der Waals surface area contributed by atoms with Gasteiger partial charge >= 0.3 is 0 Å². The van der Waals surface area contributed by atoms with E-state index < -0.39 is 0 Å². The Hall–Kier alpha value is -11.8. The topological polar surface area (TPSA) is 271 Å². The van der Waals surface area contributed by atoms with Crippen molar-refractivity contribution >= 4 is 144 Å². The standard InChI is InChI=1S/C20H24N6S.C19H22N6S.C18H20N6S.C17H18N6S.C17H22N6S.6CH4/c1-25-10-12-26(13-11-25)16-7-8-18(22-14-16)20(27)24-23-17-6-2-4-15-5-3-9-21-19(15)17;26-19(23-22-16-7-3-5-15-6-4-10-21-18(15)16)25-13-11-24(12-14-25)17-8-1-2-9-20-17;1-23-8-10-24(11-9-23)18(25)22-21-17-15-13(4-2-6-19-15)12-14-5-3-7-20-16(14)17;1-22-8-10-23(11-9-22)17(24)21-20-16-14-12(4-2-6-18-14)13-5-3-7-19-15(13)16;1-20-10-12-21(13-11-20)17(24)19-18-16-14-6-2-4-8-22(14)23-9-5-3-7-15(16)23;;;;;;/h3,5,7-9,14H,2,4,6,10-13H2,1H3,(H,24,27);1-2,4,6,8-10H,3,5,7,11-14H2,(H,23,26);2-7H,8-12H2,1H3,(H,22,25);2-7,18H,8-11H2,1H3;2-7H,8-13H2,1H3,(H,19,24);6*1H4/b23-17-;22-16-;;;;;;;;;. The number of nitrogens with one attached hydrogen (secondary N) is 5. The van der Waals surface area contributed by atoms with Crippen LogP contribution < -0.4 is 47.6 Å². The number of anilines is 2. The summed E-state index contributed by atoms with van der Waals surface area (Å²) in [6.07, 6.45) is 34.4. The van der Waals surface area contributed by atoms with Gasteiger partial charge in [0.25, 0.3) is 0 Å². The number of H-pyrrole nitrogens is 1. The molecule has 0 atom stereocenters. The second kappa shape index (κ2) is 49.6. The molecule has 5 fully saturated rings. The molecule has 698 valence electrons. The maximum Gasteiger partial charge on any atom is 0.216 e. The van der Waals surface area contributed by atoms with Gasteiger partial charge in [-0.15, -0.1) is 10.2 Å². The maximum absolute atomic E-state index is 5.55. The van der Waals surface area contributed by atoms with E-state index in [0.29, 0.717) is 25.4 Å². The van der Waals surface area contributed by atoms with E-state index in [2.05, 4.69) is 258 Å². The molecule has 20 rings (SSSR count). The van der Waals surface area contributed by atoms with E-state index in [4.69, 9.17) is 61.1 Å². The predicted octanol–water partition coefficient (Wildman–Crippen LogP) is 11.7. The summed E-state index contributed by atoms with van der Waals surface area (Å²) in [5.74, 6) is 1.02. The van der Waals surface area contributed by atoms with Crippen molar-refractivity contribution in [3.05, 3.63) is 244 Å². The van der Waals surface area contributed by atoms with Crippen molar-refractivity contribution in [2.75, 3.05) is 169 Å². The lowest BCUT2D eigenvalue weighted by atomic mass is 9.91. The molecule has 5 N–H and O–H groups in total. The summed E-state index contributed by atoms with van der Waals surface area (Å²) in [5.41, 5.74) is 29.1. The molecule has 8 aromatic rings. The number of hydrogen-bond donors (Lipinski definition) is 5. The van der Waals surface area contributed by atoms with Crippen LogP contribution in [0.4, 0.5) is 17.2 Å². The van der Waals surface area contributed by atoms with Gasteiger partial charge in [-0.1, -0.05) is 124 Å². The van der Waals surface area contributed by atoms with Gasteiger partial charge in [-0.2, -0.15) is 20.4 Å². The molecule has 8 aromatic heterocycles. The summed E-state index contributed by atoms with van der Waals surface area (Å²) in [7, 11) is 8.54. The normalized spacial score (nSPS) is 17.2. The van der Waals surface area contributed by atoms with Crippen LogP contribution >= 0.6 is 61.1 Å². The second-order valence-electron chi connectivity index (χ2n) is 32.2. The van der Waals surface area contributed by atoms with Gasteiger partial charge in [-0.3, -0.25) is 61.0 Å². The highest BCUT2D eigenvalue weighted by atomic mass is 32.1. The molecular formula is C97H130N30S5. The smallest absolute Gasteiger partial charge is 0.216 e. The number of fused-ring (bicyclic) bond motifs is 10. The molecule has 0 radical (unpaired) electrons. The first-order valence-corrected chi connectivity index (χ1v) is 45.2. The van der Waals surface area contributed by atoms with Gasteiger partial charge in [0.05, 0.1) is 81.3 Å². The van der Waals surface area contributed by atoms with Crippen LogP contribution in [-0.2, 0) is 32.4 Å². The Morgan fingerprint density at radius 2 is 0.871 bits per heavy atom. The number of rotatable bonds is 8. The highest BCUT2D eigenvalue weighted by molar-refractivity contribution is 7.81. The monoisotopic (exact) mass is 1870 g/mol. The molecule has 132 heavy (non-hydrogen) atoms. The van der Waals surface area contributed by atoms with Crippen molar-refractivity contribution in [1.29, 1.82) is 0 Å². The van der Waals surface area contributed by atoms with E-state index in [9.17, 15) is 0 Å². The molecule has 0 spiro atoms. The van der Waals surface area contributed by atoms with Crippen molar-refractivity contribution < 1.29 is 0 Å². The van der Waals surface area contributed by atoms with E-state index in [1.807, 2.05) is 91.6 Å². The minimum Gasteiger partial charge on any atom is -0.368 e. The number of thiocarbonyl (C=S) groups is 5. The third kappa shape index (κ3) is 25.3. The lowest BCUT2D eigenvalue weighted by Crippen LogP contribution is -2.51. The van der Waals surface area contributed by atoms with Gasteiger partial charge in [0.1, 0.15) is 33.1 Å². The van der Waals surface area contributed by atoms with Gasteiger partial charge in [-0.05, 0) is 211 Å². The first-order chi connectivity index (χ1) is 61.7. The molecule has 0 amide bonds. The summed E-state index contributed by atoms with van der Waals surface area (Å²) in [4.78, 5) is 57.8. The van der Waals surface area contributed by atoms with Crippen LogP contribution in [0.3, 0.4) is 0 Å². The number of azo groups is 1. The van der Waals surface area contributed by atoms with Crippen LogP contribution in [0.5, 0.6) is 0 Å². The first-order valence-electron chi connectivity index (χ1n) is 43.2. The number of pyridine rings is 8. The van der Waals surface area contributed by atoms with Crippen molar-refractivity contribution in [3.8, 4) is 11.3 Å². The first kappa shape index (κ1) is 102. The highest BCUT2D eigenvalue weighted by Crippen LogP contribution is 2.42. The average molecular weight is 1880 g/mol. The molecule has 12 aliphatic rings. The predicted molar refractivity (Wildman–Crippen MR) is 560 cm³/mol. The number of piperazine rings is 5. The number of aromatic nitrogens is 10. The Morgan fingerprint density at radius 1 is 0.409 bits per heavy atom. The molecule has 35 heteroatoms. The number of likely N-dealkylation sites (N-methyl/N-ethyl adjacent to an activating group) is 4. The fourth-order valence-electron chi connectivity index (χ4n) is 16.5. The summed E-state index contributed by atoms with van der Waals surface area (Å²) in [6.45, 7) is 21.1. The van der Waals surface area contributed by atoms with Crippen molar-refractivity contribution in [2.24, 2.45) is 30.6 Å². The third-order valence-corrected chi connectivity index (χ3v) is 25.5. The Kier molecular flexibility index (Phi) is 38.5. The van der Waals surface area contributed by atoms with Crippen LogP contribution in [0, 0.1) is 0 Å². The van der Waals surface area contributed by atoms with E-state index in [0.717, 1.165) is 301 Å². The molecule has 5 saturated heterocycles. The van der Waals surface area contributed by atoms with E-state index >= 15 is 0 Å². The average Bonchev–Trinajstić information content (AvgIpc) is 1.70. The summed E-state index contributed by atoms with van der Waals surface area (Å²) in [6, 6.07) is 34.4. The largest absolute Gasteiger partial charge is 0.368 e. The van der Waals surface area contributed by atoms with Crippen LogP contribution in [0.15, 0.2) is 208 Å². The van der Waals surface area contributed by atoms with Crippen LogP contribution in [0.2, 0.25) is 0 Å². The number of hydrogen-bond acceptors (Lipinski definition) is 23. The van der Waals surface area contributed by atoms with Gasteiger partial charge in [0.15, 0.2) is 15.3 Å². The van der Waals surface area contributed by atoms with Gasteiger partial charge in [0.2, 0.25) is 5.11 Å². The quantitative estimate of drug-likeness (QED) is 0.0537. The number of aromatic amines is 1. The van der Waals surface area contributed by atoms with Gasteiger partial charge in [-0.25, -0.2) is 4.98 Å². The molecular weight excluding hydrogens is 1750 g/mol. The molecule has 0 bridgehead atoms. The van der Waals surface area contributed by atoms with Crippen LogP contribution in [0.25, 0.3) is 34.3 Å². The van der Waals surface area contributed by atoms with Crippen LogP contribution in [0.1, 0.15) is 121 Å². The van der Waals surface area contributed by atoms with Gasteiger partial charge in [0, 0.05) is 192 Å². The lowest BCUT2D eigenvalue weighted by molar-refractivity contribution is 0.214. The number of allylic oxidation sites excluding steroid dienone is 4. The van der Waals surface area contributed by atoms with E-state index in [-0.39, 0.29) is 44.6 Å². The summed E-state index contributed by atoms with van der Waals surface area (Å²) < 4.78 is 4.52. The van der Waals surface area contributed by atoms with Crippen molar-refractivity contribution in [3.63, 3.8) is 0 Å². The fraction of sp³-hybridized carbons (Fsp3) is 0.402. The number of nitrogens with zero attached hydrogens (tertiary/aromatic N) is 25. The van der Waals surface area contributed by atoms with Crippen LogP contribution in [-0.4, -0.2) is 290 Å². The maximum atomic E-state index is 5.55. The Labute approximate surface area is 805 Å². The van der Waals surface area contributed by atoms with Gasteiger partial charge < -0.3 is 54.0 Å². The van der Waals surface area contributed by atoms with Crippen molar-refractivity contribution in [2.45, 2.75) is 103 Å². The molecule has 8 aliphatic heterocycles. The molecule has 30 nitrogen and oxygen atoms in total. The van der Waals surface area contributed by atoms with E-state index in [1.54, 1.807) is 18.6 Å². The molecule has 0 unspecified atom stereocenters. The minimum atomic E-state index is 0.